The van der Waals surface area contributed by atoms with Crippen molar-refractivity contribution in [1.82, 2.24) is 0 Å². The summed E-state index contributed by atoms with van der Waals surface area (Å²) in [5, 5.41) is 0. The van der Waals surface area contributed by atoms with E-state index in [-0.39, 0.29) is 11.2 Å². The lowest BCUT2D eigenvalue weighted by Gasteiger charge is -2.29. The molecule has 0 aromatic heterocycles. The van der Waals surface area contributed by atoms with Crippen molar-refractivity contribution in [2.75, 3.05) is 33.5 Å². The van der Waals surface area contributed by atoms with Crippen molar-refractivity contribution in [2.24, 2.45) is 0 Å². The fourth-order valence-corrected chi connectivity index (χ4v) is 2.39. The molecule has 0 radical (unpaired) electrons. The van der Waals surface area contributed by atoms with Crippen molar-refractivity contribution >= 4 is 6.29 Å². The Balaban J connectivity index is 2.31. The number of hydrogen-bond acceptors (Lipinski definition) is 5. The van der Waals surface area contributed by atoms with Crippen LogP contribution in [0.4, 0.5) is 0 Å². The Morgan fingerprint density at radius 2 is 1.58 bits per heavy atom. The van der Waals surface area contributed by atoms with E-state index in [4.69, 9.17) is 18.9 Å². The van der Waals surface area contributed by atoms with Crippen LogP contribution in [-0.2, 0) is 25.4 Å². The third kappa shape index (κ3) is 9.90. The number of methoxy groups -OCH3 is 1. The summed E-state index contributed by atoms with van der Waals surface area (Å²) in [6.45, 7) is 10.6. The number of carbonyl (C=O) groups is 1. The minimum Gasteiger partial charge on any atom is -0.493 e. The average molecular weight is 366 g/mol. The molecule has 1 aromatic carbocycles. The minimum atomic E-state index is -0.275. The lowest BCUT2D eigenvalue weighted by Crippen LogP contribution is -2.32. The molecule has 0 aliphatic carbocycles. The van der Waals surface area contributed by atoms with Gasteiger partial charge in [-0.2, -0.15) is 0 Å². The molecule has 0 N–H and O–H groups in total. The molecule has 0 saturated carbocycles. The summed E-state index contributed by atoms with van der Waals surface area (Å²) in [5.74, 6) is 0.785. The van der Waals surface area contributed by atoms with E-state index in [1.54, 1.807) is 7.11 Å². The molecule has 0 amide bonds. The third-order valence-electron chi connectivity index (χ3n) is 4.17. The van der Waals surface area contributed by atoms with Crippen LogP contribution in [-0.4, -0.2) is 51.0 Å². The van der Waals surface area contributed by atoms with Crippen molar-refractivity contribution in [2.45, 2.75) is 58.2 Å². The Hall–Kier alpha value is -1.43. The van der Waals surface area contributed by atoms with Crippen LogP contribution in [0.5, 0.6) is 5.75 Å². The molecule has 0 aliphatic rings. The fraction of sp³-hybridized carbons (Fsp3) is 0.667. The molecule has 26 heavy (non-hydrogen) atoms. The summed E-state index contributed by atoms with van der Waals surface area (Å²) in [6.07, 6.45) is 2.90. The second kappa shape index (κ2) is 11.3. The standard InChI is InChI=1S/C21H34O5/c1-20(2,25-14-11-21(3,4)26-16-15-23-5)10-13-24-19-8-6-7-18(17-19)9-12-22/h6-8,12,17H,9-11,13-16H2,1-5H3. The van der Waals surface area contributed by atoms with Gasteiger partial charge >= 0.3 is 0 Å². The second-order valence-corrected chi connectivity index (χ2v) is 7.58. The van der Waals surface area contributed by atoms with Crippen molar-refractivity contribution < 1.29 is 23.7 Å². The monoisotopic (exact) mass is 366 g/mol. The Kier molecular flexibility index (Phi) is 9.84. The highest BCUT2D eigenvalue weighted by Crippen LogP contribution is 2.20. The summed E-state index contributed by atoms with van der Waals surface area (Å²) >= 11 is 0. The van der Waals surface area contributed by atoms with Gasteiger partial charge in [0.15, 0.2) is 0 Å². The van der Waals surface area contributed by atoms with Gasteiger partial charge in [-0.3, -0.25) is 0 Å². The maximum absolute atomic E-state index is 10.6. The van der Waals surface area contributed by atoms with Crippen molar-refractivity contribution in [3.05, 3.63) is 29.8 Å². The Bertz CT molecular complexity index is 525. The van der Waals surface area contributed by atoms with Crippen LogP contribution in [0.3, 0.4) is 0 Å². The first-order valence-corrected chi connectivity index (χ1v) is 9.20. The number of ether oxygens (including phenoxy) is 4. The molecule has 0 bridgehead atoms. The van der Waals surface area contributed by atoms with Gasteiger partial charge in [0, 0.05) is 20.0 Å². The topological polar surface area (TPSA) is 54.0 Å². The number of rotatable bonds is 14. The van der Waals surface area contributed by atoms with Crippen LogP contribution in [0.25, 0.3) is 0 Å². The third-order valence-corrected chi connectivity index (χ3v) is 4.17. The van der Waals surface area contributed by atoms with E-state index < -0.39 is 0 Å². The highest BCUT2D eigenvalue weighted by molar-refractivity contribution is 5.55. The quantitative estimate of drug-likeness (QED) is 0.370. The van der Waals surface area contributed by atoms with Gasteiger partial charge in [0.25, 0.3) is 0 Å². The Labute approximate surface area is 158 Å². The van der Waals surface area contributed by atoms with Crippen LogP contribution < -0.4 is 4.74 Å². The predicted molar refractivity (Wildman–Crippen MR) is 103 cm³/mol. The second-order valence-electron chi connectivity index (χ2n) is 7.58. The van der Waals surface area contributed by atoms with Crippen LogP contribution in [0.2, 0.25) is 0 Å². The van der Waals surface area contributed by atoms with Crippen molar-refractivity contribution in [1.29, 1.82) is 0 Å². The Morgan fingerprint density at radius 1 is 0.923 bits per heavy atom. The molecular formula is C21H34O5. The van der Waals surface area contributed by atoms with Gasteiger partial charge in [-0.1, -0.05) is 12.1 Å². The van der Waals surface area contributed by atoms with E-state index >= 15 is 0 Å². The first-order valence-electron chi connectivity index (χ1n) is 9.20. The van der Waals surface area contributed by atoms with Gasteiger partial charge in [0.05, 0.1) is 37.6 Å². The van der Waals surface area contributed by atoms with Gasteiger partial charge in [0.1, 0.15) is 12.0 Å². The van der Waals surface area contributed by atoms with Gasteiger partial charge in [-0.25, -0.2) is 0 Å². The summed E-state index contributed by atoms with van der Waals surface area (Å²) in [5.41, 5.74) is 0.455. The maximum atomic E-state index is 10.6. The summed E-state index contributed by atoms with van der Waals surface area (Å²) in [7, 11) is 1.67. The highest BCUT2D eigenvalue weighted by Gasteiger charge is 2.22. The van der Waals surface area contributed by atoms with Crippen LogP contribution in [0.15, 0.2) is 24.3 Å². The molecule has 0 spiro atoms. The molecule has 1 rings (SSSR count). The molecule has 1 aromatic rings. The lowest BCUT2D eigenvalue weighted by atomic mass is 10.0. The average Bonchev–Trinajstić information content (AvgIpc) is 2.55. The van der Waals surface area contributed by atoms with Crippen LogP contribution in [0.1, 0.15) is 46.1 Å². The maximum Gasteiger partial charge on any atom is 0.124 e. The van der Waals surface area contributed by atoms with Crippen molar-refractivity contribution in [3.63, 3.8) is 0 Å². The SMILES string of the molecule is COCCOC(C)(C)CCOC(C)(C)CCOc1cccc(CC=O)c1. The first-order chi connectivity index (χ1) is 12.3. The molecular weight excluding hydrogens is 332 g/mol. The van der Waals surface area contributed by atoms with E-state index in [2.05, 4.69) is 27.7 Å². The van der Waals surface area contributed by atoms with E-state index in [0.717, 1.165) is 30.4 Å². The smallest absolute Gasteiger partial charge is 0.124 e. The molecule has 0 atom stereocenters. The molecule has 0 saturated heterocycles. The molecule has 5 nitrogen and oxygen atoms in total. The van der Waals surface area contributed by atoms with Crippen molar-refractivity contribution in [3.8, 4) is 5.75 Å². The minimum absolute atomic E-state index is 0.232. The van der Waals surface area contributed by atoms with E-state index in [1.165, 1.54) is 0 Å². The molecule has 0 fully saturated rings. The zero-order valence-electron chi connectivity index (χ0n) is 16.9. The van der Waals surface area contributed by atoms with Gasteiger partial charge in [-0.15, -0.1) is 0 Å². The lowest BCUT2D eigenvalue weighted by molar-refractivity contribution is -0.107. The number of hydrogen-bond donors (Lipinski definition) is 0. The summed E-state index contributed by atoms with van der Waals surface area (Å²) in [6, 6.07) is 7.64. The van der Waals surface area contributed by atoms with E-state index in [0.29, 0.717) is 32.8 Å². The first kappa shape index (κ1) is 22.6. The largest absolute Gasteiger partial charge is 0.493 e. The van der Waals surface area contributed by atoms with Gasteiger partial charge in [-0.05, 0) is 51.8 Å². The highest BCUT2D eigenvalue weighted by atomic mass is 16.5. The normalized spacial score (nSPS) is 12.2. The molecule has 0 unspecified atom stereocenters. The zero-order valence-corrected chi connectivity index (χ0v) is 16.9. The summed E-state index contributed by atoms with van der Waals surface area (Å²) in [4.78, 5) is 10.6. The fourth-order valence-electron chi connectivity index (χ4n) is 2.39. The molecule has 0 heterocycles. The Morgan fingerprint density at radius 3 is 2.23 bits per heavy atom. The number of benzene rings is 1. The van der Waals surface area contributed by atoms with Gasteiger partial charge < -0.3 is 23.7 Å². The zero-order chi connectivity index (χ0) is 19.5. The van der Waals surface area contributed by atoms with Gasteiger partial charge in [0.2, 0.25) is 0 Å². The van der Waals surface area contributed by atoms with E-state index in [9.17, 15) is 4.79 Å². The summed E-state index contributed by atoms with van der Waals surface area (Å²) < 4.78 is 22.7. The van der Waals surface area contributed by atoms with Crippen LogP contribution >= 0.6 is 0 Å². The number of carbonyl (C=O) groups excluding carboxylic acids is 1. The van der Waals surface area contributed by atoms with E-state index in [1.807, 2.05) is 24.3 Å². The predicted octanol–water partition coefficient (Wildman–Crippen LogP) is 3.82. The number of aldehydes is 1. The molecule has 0 aliphatic heterocycles. The van der Waals surface area contributed by atoms with Crippen LogP contribution in [0, 0.1) is 0 Å². The molecule has 5 heteroatoms. The molecule has 148 valence electrons.